The molecule has 0 aromatic carbocycles. The van der Waals surface area contributed by atoms with E-state index < -0.39 is 0 Å². The fourth-order valence-corrected chi connectivity index (χ4v) is 3.08. The van der Waals surface area contributed by atoms with Crippen molar-refractivity contribution in [2.45, 2.75) is 41.8 Å². The summed E-state index contributed by atoms with van der Waals surface area (Å²) in [6.07, 6.45) is 5.86. The lowest BCUT2D eigenvalue weighted by Crippen LogP contribution is -2.31. The van der Waals surface area contributed by atoms with Crippen LogP contribution < -0.4 is 0 Å². The first-order valence-electron chi connectivity index (χ1n) is 4.75. The minimum Gasteiger partial charge on any atom is -0.377 e. The fourth-order valence-electron chi connectivity index (χ4n) is 1.95. The quantitative estimate of drug-likeness (QED) is 0.570. The van der Waals surface area contributed by atoms with Crippen molar-refractivity contribution in [3.63, 3.8) is 0 Å². The Bertz CT molecular complexity index is 123. The van der Waals surface area contributed by atoms with Gasteiger partial charge in [-0.15, -0.1) is 0 Å². The third kappa shape index (κ3) is 1.93. The van der Waals surface area contributed by atoms with E-state index in [9.17, 15) is 0 Å². The number of hydrogen-bond acceptors (Lipinski definition) is 2. The topological polar surface area (TPSA) is 18.5 Å². The highest BCUT2D eigenvalue weighted by Gasteiger charge is 2.32. The maximum absolute atomic E-state index is 5.64. The molecule has 0 N–H and O–H groups in total. The van der Waals surface area contributed by atoms with Crippen molar-refractivity contribution in [1.29, 1.82) is 0 Å². The summed E-state index contributed by atoms with van der Waals surface area (Å²) in [5.41, 5.74) is 0. The predicted octanol–water partition coefficient (Wildman–Crippen LogP) is 2.15. The smallest absolute Gasteiger partial charge is 0.0718 e. The van der Waals surface area contributed by atoms with Crippen molar-refractivity contribution in [3.8, 4) is 0 Å². The van der Waals surface area contributed by atoms with E-state index in [0.717, 1.165) is 13.2 Å². The molecule has 0 bridgehead atoms. The maximum atomic E-state index is 5.64. The number of ether oxygens (including phenoxy) is 2. The van der Waals surface area contributed by atoms with E-state index in [4.69, 9.17) is 9.47 Å². The van der Waals surface area contributed by atoms with Crippen molar-refractivity contribution in [2.24, 2.45) is 0 Å². The third-order valence-corrected chi connectivity index (χ3v) is 4.24. The van der Waals surface area contributed by atoms with E-state index in [-0.39, 0.29) is 0 Å². The van der Waals surface area contributed by atoms with Crippen LogP contribution in [0.5, 0.6) is 0 Å². The van der Waals surface area contributed by atoms with Crippen LogP contribution in [0.15, 0.2) is 0 Å². The first-order chi connectivity index (χ1) is 5.88. The lowest BCUT2D eigenvalue weighted by Gasteiger charge is -2.22. The van der Waals surface area contributed by atoms with Crippen LogP contribution in [-0.2, 0) is 9.47 Å². The zero-order valence-electron chi connectivity index (χ0n) is 7.17. The Kier molecular flexibility index (Phi) is 3.26. The molecule has 2 saturated heterocycles. The highest BCUT2D eigenvalue weighted by molar-refractivity contribution is 14.1. The summed E-state index contributed by atoms with van der Waals surface area (Å²) in [4.78, 5) is 0. The van der Waals surface area contributed by atoms with Crippen LogP contribution >= 0.6 is 22.6 Å². The Morgan fingerprint density at radius 1 is 1.00 bits per heavy atom. The van der Waals surface area contributed by atoms with E-state index >= 15 is 0 Å². The highest BCUT2D eigenvalue weighted by atomic mass is 127. The van der Waals surface area contributed by atoms with Gasteiger partial charge in [0.1, 0.15) is 0 Å². The molecule has 2 unspecified atom stereocenters. The van der Waals surface area contributed by atoms with Gasteiger partial charge in [-0.05, 0) is 25.7 Å². The second-order valence-corrected chi connectivity index (χ2v) is 4.99. The van der Waals surface area contributed by atoms with Gasteiger partial charge >= 0.3 is 0 Å². The van der Waals surface area contributed by atoms with Crippen molar-refractivity contribution in [2.75, 3.05) is 13.2 Å². The van der Waals surface area contributed by atoms with Gasteiger partial charge in [0, 0.05) is 13.2 Å². The van der Waals surface area contributed by atoms with Crippen molar-refractivity contribution in [1.82, 2.24) is 0 Å². The zero-order chi connectivity index (χ0) is 8.39. The minimum atomic E-state index is 0.466. The molecule has 0 aromatic heterocycles. The van der Waals surface area contributed by atoms with Crippen LogP contribution in [-0.4, -0.2) is 29.3 Å². The standard InChI is InChI=1S/C9H15IO2/c10-9(7-3-1-5-11-7)8-4-2-6-12-8/h7-9H,1-6H2. The Hall–Kier alpha value is 0.650. The largest absolute Gasteiger partial charge is 0.377 e. The first kappa shape index (κ1) is 9.21. The van der Waals surface area contributed by atoms with Gasteiger partial charge in [-0.2, -0.15) is 0 Å². The second kappa shape index (κ2) is 4.24. The summed E-state index contributed by atoms with van der Waals surface area (Å²) in [6.45, 7) is 1.91. The van der Waals surface area contributed by atoms with E-state index in [1.165, 1.54) is 25.7 Å². The molecule has 2 fully saturated rings. The summed E-state index contributed by atoms with van der Waals surface area (Å²) in [5.74, 6) is 0. The molecule has 2 nitrogen and oxygen atoms in total. The molecule has 2 atom stereocenters. The number of hydrogen-bond donors (Lipinski definition) is 0. The highest BCUT2D eigenvalue weighted by Crippen LogP contribution is 2.29. The molecule has 3 heteroatoms. The van der Waals surface area contributed by atoms with Gasteiger partial charge in [0.05, 0.1) is 16.1 Å². The van der Waals surface area contributed by atoms with Gasteiger partial charge < -0.3 is 9.47 Å². The molecule has 0 amide bonds. The van der Waals surface area contributed by atoms with E-state index in [2.05, 4.69) is 22.6 Å². The molecule has 0 radical (unpaired) electrons. The SMILES string of the molecule is IC(C1CCCO1)C1CCCO1. The van der Waals surface area contributed by atoms with Crippen LogP contribution in [0, 0.1) is 0 Å². The molecule has 70 valence electrons. The van der Waals surface area contributed by atoms with Gasteiger partial charge in [-0.1, -0.05) is 22.6 Å². The van der Waals surface area contributed by atoms with E-state index in [1.807, 2.05) is 0 Å². The van der Waals surface area contributed by atoms with Crippen LogP contribution in [0.25, 0.3) is 0 Å². The molecular weight excluding hydrogens is 267 g/mol. The summed E-state index contributed by atoms with van der Waals surface area (Å²) < 4.78 is 11.9. The molecule has 0 aromatic rings. The lowest BCUT2D eigenvalue weighted by molar-refractivity contribution is 0.0482. The Labute approximate surface area is 87.1 Å². The molecule has 2 heterocycles. The monoisotopic (exact) mass is 282 g/mol. The molecule has 0 spiro atoms. The Morgan fingerprint density at radius 2 is 1.50 bits per heavy atom. The second-order valence-electron chi connectivity index (χ2n) is 3.55. The van der Waals surface area contributed by atoms with Crippen LogP contribution in [0.3, 0.4) is 0 Å². The van der Waals surface area contributed by atoms with Crippen LogP contribution in [0.2, 0.25) is 0 Å². The average Bonchev–Trinajstić information content (AvgIpc) is 2.77. The van der Waals surface area contributed by atoms with Crippen molar-refractivity contribution >= 4 is 22.6 Å². The summed E-state index contributed by atoms with van der Waals surface area (Å²) in [5, 5.41) is 0. The molecule has 2 aliphatic heterocycles. The first-order valence-corrected chi connectivity index (χ1v) is 6.00. The Balaban J connectivity index is 1.84. The molecule has 0 saturated carbocycles. The predicted molar refractivity (Wildman–Crippen MR) is 55.8 cm³/mol. The molecular formula is C9H15IO2. The van der Waals surface area contributed by atoms with Crippen LogP contribution in [0.1, 0.15) is 25.7 Å². The summed E-state index contributed by atoms with van der Waals surface area (Å²) in [7, 11) is 0. The third-order valence-electron chi connectivity index (χ3n) is 2.64. The lowest BCUT2D eigenvalue weighted by atomic mass is 10.1. The molecule has 0 aliphatic carbocycles. The summed E-state index contributed by atoms with van der Waals surface area (Å²) >= 11 is 2.50. The van der Waals surface area contributed by atoms with Gasteiger partial charge in [-0.25, -0.2) is 0 Å². The molecule has 2 aliphatic rings. The average molecular weight is 282 g/mol. The van der Waals surface area contributed by atoms with Crippen molar-refractivity contribution < 1.29 is 9.47 Å². The number of alkyl halides is 1. The molecule has 12 heavy (non-hydrogen) atoms. The van der Waals surface area contributed by atoms with E-state index in [1.54, 1.807) is 0 Å². The van der Waals surface area contributed by atoms with Crippen molar-refractivity contribution in [3.05, 3.63) is 0 Å². The summed E-state index contributed by atoms with van der Waals surface area (Å²) in [6, 6.07) is 0. The molecule has 2 rings (SSSR count). The minimum absolute atomic E-state index is 0.466. The maximum Gasteiger partial charge on any atom is 0.0718 e. The normalized spacial score (nSPS) is 38.8. The Morgan fingerprint density at radius 3 is 1.83 bits per heavy atom. The fraction of sp³-hybridized carbons (Fsp3) is 1.00. The van der Waals surface area contributed by atoms with Crippen LogP contribution in [0.4, 0.5) is 0 Å². The van der Waals surface area contributed by atoms with Gasteiger partial charge in [0.25, 0.3) is 0 Å². The van der Waals surface area contributed by atoms with E-state index in [0.29, 0.717) is 16.1 Å². The zero-order valence-corrected chi connectivity index (χ0v) is 9.33. The number of rotatable bonds is 2. The number of halogens is 1. The van der Waals surface area contributed by atoms with Gasteiger partial charge in [0.15, 0.2) is 0 Å². The van der Waals surface area contributed by atoms with Gasteiger partial charge in [0.2, 0.25) is 0 Å². The van der Waals surface area contributed by atoms with Gasteiger partial charge in [-0.3, -0.25) is 0 Å².